The van der Waals surface area contributed by atoms with Crippen LogP contribution in [0.3, 0.4) is 0 Å². The van der Waals surface area contributed by atoms with E-state index in [2.05, 4.69) is 162 Å². The molecule has 1 aliphatic heterocycles. The van der Waals surface area contributed by atoms with E-state index in [4.69, 9.17) is 25.7 Å². The van der Waals surface area contributed by atoms with Gasteiger partial charge in [0.2, 0.25) is 11.8 Å². The summed E-state index contributed by atoms with van der Waals surface area (Å²) in [6, 6.07) is 15.2. The van der Waals surface area contributed by atoms with Crippen molar-refractivity contribution < 1.29 is 24.5 Å². The number of nitrogens with zero attached hydrogens (tertiary/aromatic N) is 4. The lowest BCUT2D eigenvalue weighted by atomic mass is 9.92. The van der Waals surface area contributed by atoms with Crippen LogP contribution in [-0.4, -0.2) is 71.0 Å². The Balaban J connectivity index is 0. The summed E-state index contributed by atoms with van der Waals surface area (Å²) in [5, 5.41) is 16.7. The Morgan fingerprint density at radius 2 is 1.35 bits per heavy atom. The molecule has 13 heteroatoms. The number of H-pyrrole nitrogens is 2. The molecule has 6 rings (SSSR count). The van der Waals surface area contributed by atoms with E-state index in [1.54, 1.807) is 6.92 Å². The first-order valence-corrected chi connectivity index (χ1v) is 21.9. The standard InChI is InChI=1S/C41H50N6O3.C3H7N.C2H5NO.4C2H2.CH4O/c1-8-12-39(48)46(26(6)10-3)23-38-43-34-16-14-28-19-33-31-15-13-29(18-30(31)24-50-36(33)20-32(28)41(34)45-38)35-21-42-37(44-35)22-47(27(7)11-4)40(49)17-25(5)9-2;1-3(2)4;1-2(3)4;5*1-2/h13-16,18-21,26-27H,5,8-12,17,22-24H2,1-4,6-7H3,(H,42,44)(H,43,45);1,4H2,2H3;4H,1,3H2;4*1-2H;2H,1H3/t26-,27-;;;;;;;/m0......./s1. The third-order valence-electron chi connectivity index (χ3n) is 10.2. The molecule has 1 aliphatic rings. The van der Waals surface area contributed by atoms with Crippen LogP contribution in [-0.2, 0) is 29.3 Å². The lowest BCUT2D eigenvalue weighted by Gasteiger charge is -2.28. The van der Waals surface area contributed by atoms with Gasteiger partial charge in [-0.3, -0.25) is 9.59 Å². The Bertz CT molecular complexity index is 2410. The van der Waals surface area contributed by atoms with Crippen molar-refractivity contribution in [2.24, 2.45) is 11.5 Å². The van der Waals surface area contributed by atoms with Gasteiger partial charge in [-0.2, -0.15) is 0 Å². The molecule has 0 radical (unpaired) electrons. The van der Waals surface area contributed by atoms with Crippen LogP contribution in [0.4, 0.5) is 0 Å². The molecule has 0 unspecified atom stereocenters. The van der Waals surface area contributed by atoms with E-state index >= 15 is 0 Å². The van der Waals surface area contributed by atoms with Crippen molar-refractivity contribution in [3.8, 4) is 79.5 Å². The molecule has 364 valence electrons. The van der Waals surface area contributed by atoms with E-state index in [1.807, 2.05) is 29.8 Å². The quantitative estimate of drug-likeness (QED) is 0.0356. The highest BCUT2D eigenvalue weighted by atomic mass is 16.5. The van der Waals surface area contributed by atoms with Crippen molar-refractivity contribution in [3.63, 3.8) is 0 Å². The maximum absolute atomic E-state index is 13.1. The number of benzene rings is 3. The summed E-state index contributed by atoms with van der Waals surface area (Å²) in [6.45, 7) is 25.8. The number of aromatic amines is 2. The van der Waals surface area contributed by atoms with Crippen molar-refractivity contribution in [2.75, 3.05) is 7.11 Å². The molecule has 2 amide bonds. The van der Waals surface area contributed by atoms with Gasteiger partial charge in [0.1, 0.15) is 24.0 Å². The van der Waals surface area contributed by atoms with Crippen LogP contribution in [0.15, 0.2) is 85.6 Å². The lowest BCUT2D eigenvalue weighted by Crippen LogP contribution is -2.38. The number of allylic oxidation sites excluding steroid dienone is 1. The topological polar surface area (TPSA) is 200 Å². The molecule has 8 N–H and O–H groups in total. The number of carbonyl (C=O) groups excluding carboxylic acids is 2. The molecular formula is C55H74N8O5. The first-order chi connectivity index (χ1) is 32.6. The second kappa shape index (κ2) is 33.6. The van der Waals surface area contributed by atoms with Gasteiger partial charge in [0, 0.05) is 43.0 Å². The van der Waals surface area contributed by atoms with Crippen LogP contribution < -0.4 is 16.2 Å². The maximum Gasteiger partial charge on any atom is 0.227 e. The van der Waals surface area contributed by atoms with Crippen LogP contribution >= 0.6 is 0 Å². The number of carbonyl (C=O) groups is 2. The zero-order valence-corrected chi connectivity index (χ0v) is 41.4. The molecule has 0 saturated heterocycles. The van der Waals surface area contributed by atoms with Gasteiger partial charge in [-0.25, -0.2) is 9.97 Å². The Morgan fingerprint density at radius 1 is 0.809 bits per heavy atom. The van der Waals surface area contributed by atoms with Crippen molar-refractivity contribution in [1.82, 2.24) is 29.7 Å². The van der Waals surface area contributed by atoms with E-state index in [0.717, 1.165) is 106 Å². The minimum atomic E-state index is -0.333. The number of imidazole rings is 2. The minimum absolute atomic E-state index is 0.0851. The highest BCUT2D eigenvalue weighted by Crippen LogP contribution is 2.42. The van der Waals surface area contributed by atoms with E-state index in [-0.39, 0.29) is 29.8 Å². The lowest BCUT2D eigenvalue weighted by molar-refractivity contribution is -0.134. The molecule has 13 nitrogen and oxygen atoms in total. The van der Waals surface area contributed by atoms with Crippen LogP contribution in [0.1, 0.15) is 104 Å². The van der Waals surface area contributed by atoms with Gasteiger partial charge in [-0.1, -0.05) is 64.6 Å². The Morgan fingerprint density at radius 3 is 1.88 bits per heavy atom. The molecule has 2 atom stereocenters. The molecule has 0 spiro atoms. The predicted octanol–water partition coefficient (Wildman–Crippen LogP) is 10.1. The number of ether oxygens (including phenoxy) is 1. The number of aromatic nitrogens is 4. The zero-order valence-electron chi connectivity index (χ0n) is 41.4. The minimum Gasteiger partial charge on any atom is -0.495 e. The van der Waals surface area contributed by atoms with E-state index in [9.17, 15) is 9.59 Å². The van der Waals surface area contributed by atoms with Gasteiger partial charge in [-0.05, 0) is 105 Å². The van der Waals surface area contributed by atoms with Gasteiger partial charge < -0.3 is 46.2 Å². The largest absolute Gasteiger partial charge is 0.495 e. The van der Waals surface area contributed by atoms with Crippen molar-refractivity contribution in [3.05, 3.63) is 103 Å². The first-order valence-electron chi connectivity index (χ1n) is 21.9. The van der Waals surface area contributed by atoms with E-state index in [0.29, 0.717) is 38.2 Å². The molecule has 68 heavy (non-hydrogen) atoms. The molecule has 0 fully saturated rings. The van der Waals surface area contributed by atoms with Crippen molar-refractivity contribution >= 4 is 33.6 Å². The number of aliphatic hydroxyl groups is 2. The van der Waals surface area contributed by atoms with Gasteiger partial charge in [0.25, 0.3) is 0 Å². The zero-order chi connectivity index (χ0) is 52.7. The second-order valence-corrected chi connectivity index (χ2v) is 15.0. The fraction of sp³-hybridized carbons (Fsp3) is 0.345. The summed E-state index contributed by atoms with van der Waals surface area (Å²) in [7, 11) is 1.00. The number of hydrogen-bond donors (Lipinski definition) is 6. The normalized spacial score (nSPS) is 10.8. The Labute approximate surface area is 406 Å². The highest BCUT2D eigenvalue weighted by Gasteiger charge is 2.24. The number of fused-ring (bicyclic) bond motifs is 6. The van der Waals surface area contributed by atoms with Crippen molar-refractivity contribution in [2.45, 2.75) is 119 Å². The molecule has 0 aliphatic carbocycles. The van der Waals surface area contributed by atoms with Crippen molar-refractivity contribution in [1.29, 1.82) is 0 Å². The molecular weight excluding hydrogens is 853 g/mol. The van der Waals surface area contributed by atoms with Gasteiger partial charge in [0.05, 0.1) is 36.0 Å². The first kappa shape index (κ1) is 62.2. The summed E-state index contributed by atoms with van der Waals surface area (Å²) in [5.74, 6) is 2.30. The van der Waals surface area contributed by atoms with Crippen LogP contribution in [0.5, 0.6) is 5.75 Å². The van der Waals surface area contributed by atoms with Crippen LogP contribution in [0.25, 0.3) is 44.2 Å². The van der Waals surface area contributed by atoms with Gasteiger partial charge >= 0.3 is 0 Å². The molecule has 3 aromatic carbocycles. The SMILES string of the molecule is C#C.C#C.C#C.C#C.C=C(C)N.C=C(CC)CC(=O)N(Cc1ncc(-c2ccc3c(c2)COc2cc4c(ccc5[nH]c(CN(C(=O)CCC)[C@@H](C)CC)nc54)cc2-3)[nH]1)[C@@H](C)CC.C=C(N)O.CO. The molecule has 5 aromatic rings. The number of terminal acetylenes is 4. The molecule has 0 bridgehead atoms. The summed E-state index contributed by atoms with van der Waals surface area (Å²) in [6.07, 6.45) is 38.1. The Kier molecular flexibility index (Phi) is 30.8. The number of nitrogens with two attached hydrogens (primary N) is 2. The third kappa shape index (κ3) is 18.6. The summed E-state index contributed by atoms with van der Waals surface area (Å²) >= 11 is 0. The smallest absolute Gasteiger partial charge is 0.227 e. The fourth-order valence-corrected chi connectivity index (χ4v) is 6.71. The molecule has 0 saturated carbocycles. The number of aliphatic hydroxyl groups excluding tert-OH is 2. The predicted molar refractivity (Wildman–Crippen MR) is 283 cm³/mol. The maximum atomic E-state index is 13.1. The second-order valence-electron chi connectivity index (χ2n) is 15.0. The third-order valence-corrected chi connectivity index (χ3v) is 10.2. The number of rotatable bonds is 14. The average molecular weight is 927 g/mol. The van der Waals surface area contributed by atoms with Gasteiger partial charge in [-0.15, -0.1) is 51.4 Å². The number of nitrogens with one attached hydrogen (secondary N) is 2. The summed E-state index contributed by atoms with van der Waals surface area (Å²) < 4.78 is 6.37. The highest BCUT2D eigenvalue weighted by molar-refractivity contribution is 6.07. The average Bonchev–Trinajstić information content (AvgIpc) is 4.01. The number of hydrogen-bond acceptors (Lipinski definition) is 9. The fourth-order valence-electron chi connectivity index (χ4n) is 6.71. The van der Waals surface area contributed by atoms with Crippen LogP contribution in [0.2, 0.25) is 0 Å². The monoisotopic (exact) mass is 927 g/mol. The number of amides is 2. The Hall–Kier alpha value is -7.84. The molecule has 2 aromatic heterocycles. The van der Waals surface area contributed by atoms with Crippen LogP contribution in [0, 0.1) is 51.4 Å². The van der Waals surface area contributed by atoms with E-state index < -0.39 is 0 Å². The molecule has 3 heterocycles. The van der Waals surface area contributed by atoms with E-state index in [1.165, 1.54) is 0 Å². The summed E-state index contributed by atoms with van der Waals surface area (Å²) in [5.41, 5.74) is 18.0. The summed E-state index contributed by atoms with van der Waals surface area (Å²) in [4.78, 5) is 46.5. The van der Waals surface area contributed by atoms with Gasteiger partial charge in [0.15, 0.2) is 5.88 Å².